The summed E-state index contributed by atoms with van der Waals surface area (Å²) in [6.45, 7) is 2.68. The number of para-hydroxylation sites is 1. The minimum Gasteiger partial charge on any atom is -0.473 e. The zero-order valence-electron chi connectivity index (χ0n) is 16.5. The van der Waals surface area contributed by atoms with Crippen LogP contribution in [-0.2, 0) is 6.42 Å². The lowest BCUT2D eigenvalue weighted by Crippen LogP contribution is -2.44. The molecule has 0 radical (unpaired) electrons. The van der Waals surface area contributed by atoms with Crippen LogP contribution >= 0.6 is 11.3 Å². The second-order valence-electron chi connectivity index (χ2n) is 8.25. The van der Waals surface area contributed by atoms with Gasteiger partial charge in [-0.2, -0.15) is 0 Å². The quantitative estimate of drug-likeness (QED) is 0.597. The number of aryl methyl sites for hydroxylation is 2. The molecule has 0 spiro atoms. The van der Waals surface area contributed by atoms with Gasteiger partial charge in [-0.15, -0.1) is 11.3 Å². The number of thiophene rings is 1. The Labute approximate surface area is 174 Å². The summed E-state index contributed by atoms with van der Waals surface area (Å²) >= 11 is 1.74. The van der Waals surface area contributed by atoms with Crippen molar-refractivity contribution in [3.63, 3.8) is 0 Å². The summed E-state index contributed by atoms with van der Waals surface area (Å²) in [6.07, 6.45) is 2.67. The number of aliphatic hydroxyl groups is 1. The molecule has 6 heteroatoms. The van der Waals surface area contributed by atoms with E-state index >= 15 is 0 Å². The third-order valence-corrected chi connectivity index (χ3v) is 7.36. The lowest BCUT2D eigenvalue weighted by atomic mass is 9.87. The highest BCUT2D eigenvalue weighted by Crippen LogP contribution is 2.32. The SMILES string of the molecule is Cc1cc2c(s1)CCC(CNC1CCC(Oc3cc4ccccc4[nH]3)C1O)C2=O. The molecule has 0 aliphatic heterocycles. The molecule has 152 valence electrons. The number of ether oxygens (including phenoxy) is 1. The minimum atomic E-state index is -0.584. The molecule has 2 aromatic heterocycles. The number of Topliss-reactive ketones (excluding diaryl/α,β-unsaturated/α-hetero) is 1. The van der Waals surface area contributed by atoms with Gasteiger partial charge in [-0.3, -0.25) is 4.79 Å². The van der Waals surface area contributed by atoms with Crippen LogP contribution in [0, 0.1) is 12.8 Å². The maximum Gasteiger partial charge on any atom is 0.192 e. The number of H-pyrrole nitrogens is 1. The van der Waals surface area contributed by atoms with Gasteiger partial charge in [0.05, 0.1) is 0 Å². The summed E-state index contributed by atoms with van der Waals surface area (Å²) in [6, 6.07) is 12.0. The molecule has 5 rings (SSSR count). The second kappa shape index (κ2) is 7.59. The zero-order valence-corrected chi connectivity index (χ0v) is 17.3. The molecule has 5 nitrogen and oxygen atoms in total. The van der Waals surface area contributed by atoms with E-state index in [0.717, 1.165) is 42.1 Å². The van der Waals surface area contributed by atoms with Crippen LogP contribution in [-0.4, -0.2) is 40.7 Å². The predicted molar refractivity (Wildman–Crippen MR) is 115 cm³/mol. The van der Waals surface area contributed by atoms with E-state index < -0.39 is 6.10 Å². The molecular formula is C23H26N2O3S. The fourth-order valence-electron chi connectivity index (χ4n) is 4.67. The van der Waals surface area contributed by atoms with Crippen molar-refractivity contribution in [2.75, 3.05) is 6.54 Å². The molecule has 3 aromatic rings. The van der Waals surface area contributed by atoms with Crippen molar-refractivity contribution in [2.45, 2.75) is 50.9 Å². The predicted octanol–water partition coefficient (Wildman–Crippen LogP) is 3.84. The molecule has 0 amide bonds. The fourth-order valence-corrected chi connectivity index (χ4v) is 5.73. The number of nitrogens with one attached hydrogen (secondary N) is 2. The van der Waals surface area contributed by atoms with Gasteiger partial charge in [0.25, 0.3) is 0 Å². The number of hydrogen-bond acceptors (Lipinski definition) is 5. The number of aromatic amines is 1. The van der Waals surface area contributed by atoms with Crippen LogP contribution in [0.25, 0.3) is 10.9 Å². The number of aromatic nitrogens is 1. The lowest BCUT2D eigenvalue weighted by molar-refractivity contribution is 0.0421. The fraction of sp³-hybridized carbons (Fsp3) is 0.435. The molecule has 1 aromatic carbocycles. The van der Waals surface area contributed by atoms with E-state index in [9.17, 15) is 9.90 Å². The van der Waals surface area contributed by atoms with E-state index in [2.05, 4.69) is 17.2 Å². The summed E-state index contributed by atoms with van der Waals surface area (Å²) in [7, 11) is 0. The number of carbonyl (C=O) groups is 1. The number of hydrogen-bond donors (Lipinski definition) is 3. The van der Waals surface area contributed by atoms with Crippen LogP contribution in [0.3, 0.4) is 0 Å². The molecule has 0 bridgehead atoms. The second-order valence-corrected chi connectivity index (χ2v) is 9.59. The van der Waals surface area contributed by atoms with Crippen molar-refractivity contribution in [2.24, 2.45) is 5.92 Å². The van der Waals surface area contributed by atoms with Crippen LogP contribution in [0.5, 0.6) is 5.88 Å². The first kappa shape index (κ1) is 18.9. The van der Waals surface area contributed by atoms with E-state index in [1.54, 1.807) is 11.3 Å². The Morgan fingerprint density at radius 1 is 1.24 bits per heavy atom. The molecule has 29 heavy (non-hydrogen) atoms. The monoisotopic (exact) mass is 410 g/mol. The topological polar surface area (TPSA) is 74.3 Å². The number of ketones is 1. The normalized spacial score (nSPS) is 26.8. The van der Waals surface area contributed by atoms with Gasteiger partial charge in [-0.1, -0.05) is 18.2 Å². The Morgan fingerprint density at radius 3 is 2.97 bits per heavy atom. The van der Waals surface area contributed by atoms with E-state index in [0.29, 0.717) is 12.4 Å². The standard InChI is InChI=1S/C23H26N2O3S/c1-13-10-16-20(29-13)9-6-15(22(16)26)12-24-18-7-8-19(23(18)27)28-21-11-14-4-2-3-5-17(14)25-21/h2-5,10-11,15,18-19,23-25,27H,6-9,12H2,1H3. The first-order valence-corrected chi connectivity index (χ1v) is 11.2. The van der Waals surface area contributed by atoms with Crippen LogP contribution in [0.15, 0.2) is 36.4 Å². The van der Waals surface area contributed by atoms with Gasteiger partial charge < -0.3 is 20.1 Å². The molecule has 2 heterocycles. The molecule has 3 N–H and O–H groups in total. The summed E-state index contributed by atoms with van der Waals surface area (Å²) < 4.78 is 6.05. The third-order valence-electron chi connectivity index (χ3n) is 6.25. The van der Waals surface area contributed by atoms with Gasteiger partial charge in [-0.05, 0) is 44.7 Å². The van der Waals surface area contributed by atoms with Crippen LogP contribution in [0.1, 0.15) is 39.4 Å². The highest BCUT2D eigenvalue weighted by Gasteiger charge is 2.37. The van der Waals surface area contributed by atoms with E-state index in [-0.39, 0.29) is 23.8 Å². The maximum absolute atomic E-state index is 12.8. The molecule has 0 saturated heterocycles. The third kappa shape index (κ3) is 3.61. The number of fused-ring (bicyclic) bond motifs is 2. The zero-order chi connectivity index (χ0) is 20.0. The molecule has 4 unspecified atom stereocenters. The van der Waals surface area contributed by atoms with E-state index in [1.807, 2.05) is 36.4 Å². The van der Waals surface area contributed by atoms with Crippen molar-refractivity contribution in [3.05, 3.63) is 51.7 Å². The Morgan fingerprint density at radius 2 is 2.10 bits per heavy atom. The van der Waals surface area contributed by atoms with Gasteiger partial charge >= 0.3 is 0 Å². The molecule has 2 aliphatic rings. The number of carbonyl (C=O) groups excluding carboxylic acids is 1. The maximum atomic E-state index is 12.8. The van der Waals surface area contributed by atoms with Crippen molar-refractivity contribution in [1.29, 1.82) is 0 Å². The van der Waals surface area contributed by atoms with Crippen molar-refractivity contribution < 1.29 is 14.6 Å². The van der Waals surface area contributed by atoms with Gasteiger partial charge in [0, 0.05) is 50.8 Å². The number of aliphatic hydroxyl groups excluding tert-OH is 1. The molecule has 2 aliphatic carbocycles. The van der Waals surface area contributed by atoms with E-state index in [1.165, 1.54) is 9.75 Å². The van der Waals surface area contributed by atoms with Gasteiger partial charge in [0.2, 0.25) is 0 Å². The molecule has 4 atom stereocenters. The molecule has 1 saturated carbocycles. The van der Waals surface area contributed by atoms with Gasteiger partial charge in [-0.25, -0.2) is 0 Å². The van der Waals surface area contributed by atoms with Crippen molar-refractivity contribution >= 4 is 28.0 Å². The van der Waals surface area contributed by atoms with E-state index in [4.69, 9.17) is 4.74 Å². The van der Waals surface area contributed by atoms with Crippen molar-refractivity contribution in [3.8, 4) is 5.88 Å². The average molecular weight is 411 g/mol. The van der Waals surface area contributed by atoms with Crippen LogP contribution < -0.4 is 10.1 Å². The van der Waals surface area contributed by atoms with Gasteiger partial charge in [0.1, 0.15) is 12.2 Å². The summed E-state index contributed by atoms with van der Waals surface area (Å²) in [5, 5.41) is 15.3. The van der Waals surface area contributed by atoms with Gasteiger partial charge in [0.15, 0.2) is 11.7 Å². The van der Waals surface area contributed by atoms with Crippen LogP contribution in [0.2, 0.25) is 0 Å². The first-order valence-electron chi connectivity index (χ1n) is 10.4. The largest absolute Gasteiger partial charge is 0.473 e. The Kier molecular flexibility index (Phi) is 4.94. The number of benzene rings is 1. The smallest absolute Gasteiger partial charge is 0.192 e. The Balaban J connectivity index is 1.18. The Bertz CT molecular complexity index is 1010. The summed E-state index contributed by atoms with van der Waals surface area (Å²) in [5.74, 6) is 0.942. The average Bonchev–Trinajstić information content (AvgIpc) is 3.39. The van der Waals surface area contributed by atoms with Crippen molar-refractivity contribution in [1.82, 2.24) is 10.3 Å². The first-order chi connectivity index (χ1) is 14.1. The minimum absolute atomic E-state index is 0.00243. The number of rotatable bonds is 5. The molecule has 1 fully saturated rings. The highest BCUT2D eigenvalue weighted by molar-refractivity contribution is 7.12. The lowest BCUT2D eigenvalue weighted by Gasteiger charge is -2.25. The highest BCUT2D eigenvalue weighted by atomic mass is 32.1. The molecular weight excluding hydrogens is 384 g/mol. The summed E-state index contributed by atoms with van der Waals surface area (Å²) in [4.78, 5) is 18.5. The van der Waals surface area contributed by atoms with Crippen LogP contribution in [0.4, 0.5) is 0 Å². The summed E-state index contributed by atoms with van der Waals surface area (Å²) in [5.41, 5.74) is 1.95. The Hall–Kier alpha value is -2.15.